The topological polar surface area (TPSA) is 118 Å². The fourth-order valence-corrected chi connectivity index (χ4v) is 5.44. The van der Waals surface area contributed by atoms with Crippen molar-refractivity contribution in [3.8, 4) is 5.75 Å². The summed E-state index contributed by atoms with van der Waals surface area (Å²) in [5.74, 6) is 0.674. The van der Waals surface area contributed by atoms with E-state index in [9.17, 15) is 0 Å². The number of unbranched alkanes of at least 4 members (excludes halogenated alkanes) is 15. The summed E-state index contributed by atoms with van der Waals surface area (Å²) in [5.41, 5.74) is 6.45. The summed E-state index contributed by atoms with van der Waals surface area (Å²) in [7, 11) is 0. The summed E-state index contributed by atoms with van der Waals surface area (Å²) in [6, 6.07) is 7.40. The summed E-state index contributed by atoms with van der Waals surface area (Å²) < 4.78 is 55.4. The molecular weight excluding hydrogens is 678 g/mol. The lowest BCUT2D eigenvalue weighted by Crippen LogP contribution is -2.15. The van der Waals surface area contributed by atoms with Crippen LogP contribution in [0.15, 0.2) is 24.3 Å². The lowest BCUT2D eigenvalue weighted by atomic mass is 10.0. The first kappa shape index (κ1) is 49.5. The van der Waals surface area contributed by atoms with Gasteiger partial charge in [-0.1, -0.05) is 115 Å². The molecule has 2 N–H and O–H groups in total. The van der Waals surface area contributed by atoms with Gasteiger partial charge >= 0.3 is 0 Å². The Balaban J connectivity index is 1.61. The molecule has 1 rings (SSSR count). The third-order valence-electron chi connectivity index (χ3n) is 8.52. The Morgan fingerprint density at radius 3 is 0.906 bits per heavy atom. The van der Waals surface area contributed by atoms with Crippen molar-refractivity contribution in [3.63, 3.8) is 0 Å². The summed E-state index contributed by atoms with van der Waals surface area (Å²) in [5, 5.41) is 0. The van der Waals surface area contributed by atoms with E-state index in [1.165, 1.54) is 96.3 Å². The van der Waals surface area contributed by atoms with Crippen molar-refractivity contribution in [2.75, 3.05) is 131 Å². The average Bonchev–Trinajstić information content (AvgIpc) is 3.17. The Hall–Kier alpha value is -1.54. The van der Waals surface area contributed by atoms with E-state index in [1.807, 2.05) is 18.2 Å². The lowest BCUT2D eigenvalue weighted by molar-refractivity contribution is -0.0254. The normalized spacial score (nSPS) is 11.5. The van der Waals surface area contributed by atoms with Crippen LogP contribution >= 0.6 is 0 Å². The Morgan fingerprint density at radius 1 is 0.321 bits per heavy atom. The fraction of sp³-hybridized carbons (Fsp3) is 0.857. The number of para-hydroxylation sites is 2. The van der Waals surface area contributed by atoms with Gasteiger partial charge in [-0.25, -0.2) is 0 Å². The highest BCUT2D eigenvalue weighted by molar-refractivity contribution is 5.51. The zero-order valence-electron chi connectivity index (χ0n) is 33.7. The van der Waals surface area contributed by atoms with Gasteiger partial charge in [0.25, 0.3) is 0 Å². The van der Waals surface area contributed by atoms with Crippen molar-refractivity contribution in [2.24, 2.45) is 0 Å². The van der Waals surface area contributed by atoms with Gasteiger partial charge in [0.2, 0.25) is 0 Å². The second-order valence-corrected chi connectivity index (χ2v) is 13.2. The molecule has 0 fully saturated rings. The first-order valence-electron chi connectivity index (χ1n) is 21.0. The van der Waals surface area contributed by atoms with Crippen LogP contribution in [0.4, 0.5) is 5.69 Å². The summed E-state index contributed by atoms with van der Waals surface area (Å²) >= 11 is 0. The molecule has 0 spiro atoms. The maximum atomic E-state index is 5.83. The van der Waals surface area contributed by atoms with Crippen molar-refractivity contribution in [1.82, 2.24) is 0 Å². The van der Waals surface area contributed by atoms with E-state index in [1.54, 1.807) is 6.07 Å². The van der Waals surface area contributed by atoms with Gasteiger partial charge in [0.1, 0.15) is 12.4 Å². The van der Waals surface area contributed by atoms with E-state index < -0.39 is 0 Å². The zero-order valence-corrected chi connectivity index (χ0v) is 33.7. The molecule has 0 heterocycles. The second-order valence-electron chi connectivity index (χ2n) is 13.2. The summed E-state index contributed by atoms with van der Waals surface area (Å²) in [6.07, 6.45) is 22.2. The smallest absolute Gasteiger partial charge is 0.142 e. The first-order valence-corrected chi connectivity index (χ1v) is 21.0. The van der Waals surface area contributed by atoms with Gasteiger partial charge in [0.05, 0.1) is 118 Å². The Morgan fingerprint density at radius 2 is 0.585 bits per heavy atom. The van der Waals surface area contributed by atoms with Crippen LogP contribution in [0.25, 0.3) is 0 Å². The Labute approximate surface area is 323 Å². The fourth-order valence-electron chi connectivity index (χ4n) is 5.44. The molecule has 0 unspecified atom stereocenters. The van der Waals surface area contributed by atoms with Crippen LogP contribution in [0.3, 0.4) is 0 Å². The number of nitrogen functional groups attached to an aromatic ring is 1. The van der Waals surface area contributed by atoms with Crippen LogP contribution in [0.1, 0.15) is 110 Å². The molecule has 0 aliphatic rings. The third kappa shape index (κ3) is 38.5. The van der Waals surface area contributed by atoms with Gasteiger partial charge in [0, 0.05) is 6.61 Å². The quantitative estimate of drug-likeness (QED) is 0.0514. The number of ether oxygens (including phenoxy) is 10. The molecule has 11 nitrogen and oxygen atoms in total. The van der Waals surface area contributed by atoms with Gasteiger partial charge < -0.3 is 53.1 Å². The SMILES string of the molecule is CCCCCCCCCCCCCCCCCCOCCOCCOCCOCCOCCOCCOCCOCCOCCOc1ccccc1N. The predicted octanol–water partition coefficient (Wildman–Crippen LogP) is 8.06. The van der Waals surface area contributed by atoms with E-state index in [4.69, 9.17) is 53.1 Å². The monoisotopic (exact) mass is 758 g/mol. The highest BCUT2D eigenvalue weighted by atomic mass is 16.6. The Bertz CT molecular complexity index is 837. The van der Waals surface area contributed by atoms with Crippen LogP contribution in [-0.2, 0) is 42.6 Å². The molecule has 0 radical (unpaired) electrons. The molecular formula is C42H79NO10. The van der Waals surface area contributed by atoms with E-state index in [2.05, 4.69) is 6.92 Å². The molecule has 0 aromatic heterocycles. The van der Waals surface area contributed by atoms with E-state index in [0.29, 0.717) is 130 Å². The first-order chi connectivity index (χ1) is 26.3. The minimum Gasteiger partial charge on any atom is -0.489 e. The van der Waals surface area contributed by atoms with Crippen LogP contribution in [-0.4, -0.2) is 126 Å². The number of hydrogen-bond acceptors (Lipinski definition) is 11. The lowest BCUT2D eigenvalue weighted by Gasteiger charge is -2.09. The molecule has 0 saturated heterocycles. The van der Waals surface area contributed by atoms with Gasteiger partial charge in [-0.2, -0.15) is 0 Å². The largest absolute Gasteiger partial charge is 0.489 e. The van der Waals surface area contributed by atoms with Crippen molar-refractivity contribution >= 4 is 5.69 Å². The van der Waals surface area contributed by atoms with Gasteiger partial charge in [-0.15, -0.1) is 0 Å². The third-order valence-corrected chi connectivity index (χ3v) is 8.52. The Kier molecular flexibility index (Phi) is 40.3. The zero-order chi connectivity index (χ0) is 37.8. The van der Waals surface area contributed by atoms with E-state index in [-0.39, 0.29) is 0 Å². The average molecular weight is 758 g/mol. The van der Waals surface area contributed by atoms with Crippen molar-refractivity contribution in [1.29, 1.82) is 0 Å². The maximum absolute atomic E-state index is 5.83. The minimum atomic E-state index is 0.444. The molecule has 53 heavy (non-hydrogen) atoms. The highest BCUT2D eigenvalue weighted by Gasteiger charge is 2.00. The molecule has 0 aliphatic heterocycles. The van der Waals surface area contributed by atoms with Gasteiger partial charge in [-0.3, -0.25) is 0 Å². The molecule has 312 valence electrons. The van der Waals surface area contributed by atoms with Crippen molar-refractivity contribution < 1.29 is 47.4 Å². The number of benzene rings is 1. The molecule has 0 amide bonds. The standard InChI is InChI=1S/C42H79NO10/c1-2-3-4-5-6-7-8-9-10-11-12-13-14-15-16-19-22-44-23-24-45-25-26-46-27-28-47-29-30-48-31-32-49-33-34-50-35-36-51-37-38-52-39-40-53-42-21-18-17-20-41(42)43/h17-18,20-21H,2-16,19,22-40,43H2,1H3. The number of nitrogens with two attached hydrogens (primary N) is 1. The molecule has 0 bridgehead atoms. The molecule has 11 heteroatoms. The van der Waals surface area contributed by atoms with Crippen LogP contribution < -0.4 is 10.5 Å². The molecule has 0 aliphatic carbocycles. The van der Waals surface area contributed by atoms with E-state index >= 15 is 0 Å². The number of rotatable bonds is 45. The molecule has 0 atom stereocenters. The van der Waals surface area contributed by atoms with Gasteiger partial charge in [-0.05, 0) is 18.6 Å². The maximum Gasteiger partial charge on any atom is 0.142 e. The van der Waals surface area contributed by atoms with Gasteiger partial charge in [0.15, 0.2) is 0 Å². The summed E-state index contributed by atoms with van der Waals surface area (Å²) in [4.78, 5) is 0. The number of anilines is 1. The van der Waals surface area contributed by atoms with Crippen molar-refractivity contribution in [2.45, 2.75) is 110 Å². The number of hydrogen-bond donors (Lipinski definition) is 1. The second kappa shape index (κ2) is 43.2. The van der Waals surface area contributed by atoms with E-state index in [0.717, 1.165) is 13.0 Å². The van der Waals surface area contributed by atoms with Crippen LogP contribution in [0, 0.1) is 0 Å². The molecule has 0 saturated carbocycles. The summed E-state index contributed by atoms with van der Waals surface area (Å²) in [6.45, 7) is 12.7. The predicted molar refractivity (Wildman–Crippen MR) is 213 cm³/mol. The van der Waals surface area contributed by atoms with Crippen LogP contribution in [0.2, 0.25) is 0 Å². The van der Waals surface area contributed by atoms with Crippen LogP contribution in [0.5, 0.6) is 5.75 Å². The molecule has 1 aromatic rings. The highest BCUT2D eigenvalue weighted by Crippen LogP contribution is 2.19. The van der Waals surface area contributed by atoms with Crippen molar-refractivity contribution in [3.05, 3.63) is 24.3 Å². The molecule has 1 aromatic carbocycles. The minimum absolute atomic E-state index is 0.444.